The fourth-order valence-electron chi connectivity index (χ4n) is 1.59. The summed E-state index contributed by atoms with van der Waals surface area (Å²) >= 11 is 2.80. The normalized spacial score (nSPS) is 12.4. The molecule has 1 aromatic carbocycles. The molecule has 1 atom stereocenters. The van der Waals surface area contributed by atoms with Crippen LogP contribution in [0, 0.1) is 11.6 Å². The van der Waals surface area contributed by atoms with E-state index in [1.807, 2.05) is 0 Å². The van der Waals surface area contributed by atoms with Crippen LogP contribution < -0.4 is 0 Å². The van der Waals surface area contributed by atoms with E-state index in [0.29, 0.717) is 0 Å². The Labute approximate surface area is 114 Å². The second kappa shape index (κ2) is 5.06. The van der Waals surface area contributed by atoms with E-state index in [9.17, 15) is 18.7 Å². The van der Waals surface area contributed by atoms with E-state index in [-0.39, 0.29) is 15.7 Å². The van der Waals surface area contributed by atoms with Crippen LogP contribution >= 0.6 is 15.9 Å². The summed E-state index contributed by atoms with van der Waals surface area (Å²) in [5, 5.41) is 18.8. The number of H-pyrrole nitrogens is 1. The Hall–Kier alpha value is -1.80. The van der Waals surface area contributed by atoms with Crippen molar-refractivity contribution in [3.05, 3.63) is 51.5 Å². The lowest BCUT2D eigenvalue weighted by Gasteiger charge is -2.12. The first-order valence-corrected chi connectivity index (χ1v) is 5.80. The summed E-state index contributed by atoms with van der Waals surface area (Å²) in [5.41, 5.74) is -1.05. The van der Waals surface area contributed by atoms with Gasteiger partial charge in [0, 0.05) is 5.56 Å². The van der Waals surface area contributed by atoms with E-state index in [1.165, 1.54) is 0 Å². The predicted octanol–water partition coefficient (Wildman–Crippen LogP) is 2.23. The molecule has 0 aliphatic carbocycles. The third kappa shape index (κ3) is 2.49. The van der Waals surface area contributed by atoms with Crippen LogP contribution in [-0.4, -0.2) is 26.2 Å². The molecule has 5 nitrogen and oxygen atoms in total. The van der Waals surface area contributed by atoms with E-state index < -0.39 is 29.4 Å². The maximum absolute atomic E-state index is 13.7. The first-order chi connectivity index (χ1) is 8.91. The van der Waals surface area contributed by atoms with Crippen molar-refractivity contribution >= 4 is 21.9 Å². The molecule has 0 radical (unpaired) electrons. The van der Waals surface area contributed by atoms with Crippen LogP contribution in [-0.2, 0) is 0 Å². The molecule has 3 N–H and O–H groups in total. The van der Waals surface area contributed by atoms with E-state index in [1.54, 1.807) is 0 Å². The van der Waals surface area contributed by atoms with Crippen LogP contribution in [0.2, 0.25) is 0 Å². The first kappa shape index (κ1) is 13.6. The number of nitrogens with one attached hydrogen (secondary N) is 1. The maximum atomic E-state index is 13.7. The monoisotopic (exact) mass is 332 g/mol. The molecular formula is C11H7BrF2N2O3. The van der Waals surface area contributed by atoms with Crippen LogP contribution in [0.4, 0.5) is 8.78 Å². The molecule has 8 heteroatoms. The highest BCUT2D eigenvalue weighted by atomic mass is 79.9. The number of aromatic amines is 1. The third-order valence-corrected chi connectivity index (χ3v) is 3.09. The smallest absolute Gasteiger partial charge is 0.356 e. The number of aliphatic hydroxyl groups excluding tert-OH is 1. The van der Waals surface area contributed by atoms with Gasteiger partial charge < -0.3 is 15.2 Å². The minimum absolute atomic E-state index is 0.0935. The Bertz CT molecular complexity index is 645. The van der Waals surface area contributed by atoms with Gasteiger partial charge in [-0.25, -0.2) is 18.6 Å². The number of hydrogen-bond acceptors (Lipinski definition) is 3. The summed E-state index contributed by atoms with van der Waals surface area (Å²) in [5.74, 6) is -3.02. The molecule has 19 heavy (non-hydrogen) atoms. The van der Waals surface area contributed by atoms with Crippen molar-refractivity contribution in [2.45, 2.75) is 6.10 Å². The molecule has 0 fully saturated rings. The quantitative estimate of drug-likeness (QED) is 0.752. The second-order valence-electron chi connectivity index (χ2n) is 3.66. The van der Waals surface area contributed by atoms with E-state index >= 15 is 0 Å². The number of carboxylic acids is 1. The van der Waals surface area contributed by atoms with Crippen molar-refractivity contribution in [2.75, 3.05) is 0 Å². The molecule has 0 aliphatic heterocycles. The molecule has 0 aliphatic rings. The number of benzene rings is 1. The molecule has 0 bridgehead atoms. The summed E-state index contributed by atoms with van der Waals surface area (Å²) in [6.45, 7) is 0. The van der Waals surface area contributed by atoms with Crippen LogP contribution in [0.3, 0.4) is 0 Å². The van der Waals surface area contributed by atoms with Gasteiger partial charge in [-0.05, 0) is 28.1 Å². The molecule has 0 spiro atoms. The van der Waals surface area contributed by atoms with Crippen LogP contribution in [0.15, 0.2) is 22.9 Å². The zero-order chi connectivity index (χ0) is 14.2. The molecule has 1 heterocycles. The van der Waals surface area contributed by atoms with Crippen molar-refractivity contribution in [3.8, 4) is 0 Å². The highest BCUT2D eigenvalue weighted by Crippen LogP contribution is 2.28. The number of carbonyl (C=O) groups is 1. The Balaban J connectivity index is 2.50. The van der Waals surface area contributed by atoms with Gasteiger partial charge in [-0.2, -0.15) is 0 Å². The Morgan fingerprint density at radius 1 is 1.37 bits per heavy atom. The summed E-state index contributed by atoms with van der Waals surface area (Å²) in [6, 6.07) is 1.64. The Morgan fingerprint density at radius 2 is 2.05 bits per heavy atom. The average molecular weight is 333 g/mol. The number of halogens is 3. The lowest BCUT2D eigenvalue weighted by molar-refractivity contribution is 0.0685. The van der Waals surface area contributed by atoms with Gasteiger partial charge in [0.2, 0.25) is 0 Å². The fourth-order valence-corrected chi connectivity index (χ4v) is 1.90. The zero-order valence-corrected chi connectivity index (χ0v) is 10.8. The SMILES string of the molecule is O=C(O)c1nc[nH]c1C(O)c1cc(F)c(Br)cc1F. The number of carboxylic acid groups (broad SMARTS) is 1. The number of nitrogens with zero attached hydrogens (tertiary/aromatic N) is 1. The van der Waals surface area contributed by atoms with Gasteiger partial charge >= 0.3 is 5.97 Å². The molecule has 0 saturated heterocycles. The molecule has 0 amide bonds. The average Bonchev–Trinajstić information content (AvgIpc) is 2.82. The maximum Gasteiger partial charge on any atom is 0.356 e. The summed E-state index contributed by atoms with van der Waals surface area (Å²) < 4.78 is 26.9. The highest BCUT2D eigenvalue weighted by Gasteiger charge is 2.24. The van der Waals surface area contributed by atoms with Crippen molar-refractivity contribution in [1.82, 2.24) is 9.97 Å². The van der Waals surface area contributed by atoms with Crippen LogP contribution in [0.1, 0.15) is 27.8 Å². The molecule has 2 rings (SSSR count). The summed E-state index contributed by atoms with van der Waals surface area (Å²) in [6.07, 6.45) is -0.606. The van der Waals surface area contributed by atoms with E-state index in [2.05, 4.69) is 25.9 Å². The number of hydrogen-bond donors (Lipinski definition) is 3. The standard InChI is InChI=1S/C11H7BrF2N2O3/c12-5-2-6(13)4(1-7(5)14)10(17)8-9(11(18)19)16-3-15-8/h1-3,10,17H,(H,15,16)(H,18,19). The lowest BCUT2D eigenvalue weighted by atomic mass is 10.0. The number of aliphatic hydroxyl groups is 1. The number of aromatic carboxylic acids is 1. The number of imidazole rings is 1. The van der Waals surface area contributed by atoms with Crippen LogP contribution in [0.5, 0.6) is 0 Å². The molecular weight excluding hydrogens is 326 g/mol. The van der Waals surface area contributed by atoms with E-state index in [4.69, 9.17) is 5.11 Å². The van der Waals surface area contributed by atoms with Crippen molar-refractivity contribution in [3.63, 3.8) is 0 Å². The Kier molecular flexibility index (Phi) is 3.63. The largest absolute Gasteiger partial charge is 0.476 e. The first-order valence-electron chi connectivity index (χ1n) is 5.01. The van der Waals surface area contributed by atoms with Gasteiger partial charge in [0.25, 0.3) is 0 Å². The van der Waals surface area contributed by atoms with Crippen LogP contribution in [0.25, 0.3) is 0 Å². The van der Waals surface area contributed by atoms with Crippen molar-refractivity contribution < 1.29 is 23.8 Å². The summed E-state index contributed by atoms with van der Waals surface area (Å²) in [7, 11) is 0. The topological polar surface area (TPSA) is 86.2 Å². The minimum Gasteiger partial charge on any atom is -0.476 e. The van der Waals surface area contributed by atoms with Gasteiger partial charge in [0.05, 0.1) is 16.5 Å². The molecule has 1 aromatic heterocycles. The van der Waals surface area contributed by atoms with Gasteiger partial charge in [-0.3, -0.25) is 0 Å². The van der Waals surface area contributed by atoms with Gasteiger partial charge in [-0.15, -0.1) is 0 Å². The second-order valence-corrected chi connectivity index (χ2v) is 4.51. The predicted molar refractivity (Wildman–Crippen MR) is 63.7 cm³/mol. The van der Waals surface area contributed by atoms with Crippen molar-refractivity contribution in [2.24, 2.45) is 0 Å². The van der Waals surface area contributed by atoms with Gasteiger partial charge in [0.15, 0.2) is 5.69 Å². The number of rotatable bonds is 3. The molecule has 0 saturated carbocycles. The Morgan fingerprint density at radius 3 is 2.68 bits per heavy atom. The molecule has 100 valence electrons. The summed E-state index contributed by atoms with van der Waals surface area (Å²) in [4.78, 5) is 16.8. The molecule has 2 aromatic rings. The number of aromatic nitrogens is 2. The fraction of sp³-hybridized carbons (Fsp3) is 0.0909. The van der Waals surface area contributed by atoms with Crippen molar-refractivity contribution in [1.29, 1.82) is 0 Å². The zero-order valence-electron chi connectivity index (χ0n) is 9.19. The van der Waals surface area contributed by atoms with E-state index in [0.717, 1.165) is 18.5 Å². The van der Waals surface area contributed by atoms with Gasteiger partial charge in [0.1, 0.15) is 17.7 Å². The third-order valence-electron chi connectivity index (χ3n) is 2.48. The lowest BCUT2D eigenvalue weighted by Crippen LogP contribution is -2.10. The minimum atomic E-state index is -1.66. The van der Waals surface area contributed by atoms with Gasteiger partial charge in [-0.1, -0.05) is 0 Å². The molecule has 1 unspecified atom stereocenters. The highest BCUT2D eigenvalue weighted by molar-refractivity contribution is 9.10.